The van der Waals surface area contributed by atoms with Crippen LogP contribution in [0.15, 0.2) is 46.4 Å². The predicted molar refractivity (Wildman–Crippen MR) is 109 cm³/mol. The van der Waals surface area contributed by atoms with E-state index in [0.29, 0.717) is 33.0 Å². The summed E-state index contributed by atoms with van der Waals surface area (Å²) in [5, 5.41) is 2.18. The molecule has 1 saturated heterocycles. The Balaban J connectivity index is 2.04. The van der Waals surface area contributed by atoms with Crippen LogP contribution in [0.4, 0.5) is 10.5 Å². The zero-order valence-electron chi connectivity index (χ0n) is 15.8. The Morgan fingerprint density at radius 1 is 0.931 bits per heavy atom. The van der Waals surface area contributed by atoms with Crippen molar-refractivity contribution in [3.63, 3.8) is 0 Å². The van der Waals surface area contributed by atoms with Crippen LogP contribution in [-0.4, -0.2) is 39.2 Å². The van der Waals surface area contributed by atoms with E-state index in [9.17, 15) is 14.4 Å². The van der Waals surface area contributed by atoms with Crippen molar-refractivity contribution >= 4 is 45.5 Å². The molecule has 1 N–H and O–H groups in total. The largest absolute Gasteiger partial charge is 0.497 e. The van der Waals surface area contributed by atoms with Crippen LogP contribution in [0.5, 0.6) is 17.2 Å². The van der Waals surface area contributed by atoms with Gasteiger partial charge in [-0.1, -0.05) is 0 Å². The fraction of sp³-hybridized carbons (Fsp3) is 0.150. The van der Waals surface area contributed by atoms with Crippen molar-refractivity contribution in [1.29, 1.82) is 0 Å². The Kier molecular flexibility index (Phi) is 5.88. The molecule has 0 spiro atoms. The maximum atomic E-state index is 13.0. The number of barbiturate groups is 1. The SMILES string of the molecule is COc1ccc(N2C(=O)NC(=O)/C(=C/c3cc(Br)c(OC)cc3OC)C2=O)cc1. The molecular weight excluding hydrogens is 444 g/mol. The lowest BCUT2D eigenvalue weighted by atomic mass is 10.1. The molecule has 2 aromatic rings. The van der Waals surface area contributed by atoms with Gasteiger partial charge in [0.15, 0.2) is 0 Å². The van der Waals surface area contributed by atoms with Crippen LogP contribution in [0.25, 0.3) is 6.08 Å². The summed E-state index contributed by atoms with van der Waals surface area (Å²) >= 11 is 3.37. The van der Waals surface area contributed by atoms with Gasteiger partial charge in [0.25, 0.3) is 11.8 Å². The van der Waals surface area contributed by atoms with E-state index < -0.39 is 17.8 Å². The van der Waals surface area contributed by atoms with Gasteiger partial charge in [0.05, 0.1) is 31.5 Å². The van der Waals surface area contributed by atoms with Gasteiger partial charge in [-0.05, 0) is 52.3 Å². The summed E-state index contributed by atoms with van der Waals surface area (Å²) < 4.78 is 16.3. The number of carbonyl (C=O) groups excluding carboxylic acids is 3. The highest BCUT2D eigenvalue weighted by molar-refractivity contribution is 9.10. The molecule has 1 aliphatic rings. The molecule has 8 nitrogen and oxygen atoms in total. The van der Waals surface area contributed by atoms with Crippen LogP contribution in [-0.2, 0) is 9.59 Å². The molecule has 0 saturated carbocycles. The minimum absolute atomic E-state index is 0.212. The van der Waals surface area contributed by atoms with Crippen molar-refractivity contribution in [3.8, 4) is 17.2 Å². The predicted octanol–water partition coefficient (Wildman–Crippen LogP) is 3.14. The van der Waals surface area contributed by atoms with E-state index >= 15 is 0 Å². The number of nitrogens with one attached hydrogen (secondary N) is 1. The van der Waals surface area contributed by atoms with Gasteiger partial charge in [0, 0.05) is 11.6 Å². The van der Waals surface area contributed by atoms with Gasteiger partial charge >= 0.3 is 6.03 Å². The summed E-state index contributed by atoms with van der Waals surface area (Å²) in [6, 6.07) is 8.76. The van der Waals surface area contributed by atoms with Crippen LogP contribution < -0.4 is 24.4 Å². The number of ether oxygens (including phenoxy) is 3. The van der Waals surface area contributed by atoms with Gasteiger partial charge in [-0.2, -0.15) is 0 Å². The molecular formula is C20H17BrN2O6. The van der Waals surface area contributed by atoms with Gasteiger partial charge in [0.1, 0.15) is 22.8 Å². The number of hydrogen-bond acceptors (Lipinski definition) is 6. The van der Waals surface area contributed by atoms with Crippen LogP contribution in [0.1, 0.15) is 5.56 Å². The monoisotopic (exact) mass is 460 g/mol. The number of urea groups is 1. The van der Waals surface area contributed by atoms with Gasteiger partial charge in [-0.25, -0.2) is 9.69 Å². The fourth-order valence-corrected chi connectivity index (χ4v) is 3.30. The molecule has 150 valence electrons. The maximum Gasteiger partial charge on any atom is 0.335 e. The fourth-order valence-electron chi connectivity index (χ4n) is 2.77. The number of amides is 4. The molecule has 0 aromatic heterocycles. The number of hydrogen-bond donors (Lipinski definition) is 1. The third-order valence-corrected chi connectivity index (χ3v) is 4.86. The molecule has 1 aliphatic heterocycles. The lowest BCUT2D eigenvalue weighted by Crippen LogP contribution is -2.54. The van der Waals surface area contributed by atoms with E-state index in [-0.39, 0.29) is 5.57 Å². The van der Waals surface area contributed by atoms with Gasteiger partial charge < -0.3 is 14.2 Å². The molecule has 0 atom stereocenters. The van der Waals surface area contributed by atoms with E-state index in [2.05, 4.69) is 21.2 Å². The van der Waals surface area contributed by atoms with Gasteiger partial charge in [-0.3, -0.25) is 14.9 Å². The summed E-state index contributed by atoms with van der Waals surface area (Å²) in [4.78, 5) is 38.5. The number of rotatable bonds is 5. The maximum absolute atomic E-state index is 13.0. The second-order valence-corrected chi connectivity index (χ2v) is 6.74. The smallest absolute Gasteiger partial charge is 0.335 e. The molecule has 0 bridgehead atoms. The van der Waals surface area contributed by atoms with E-state index in [0.717, 1.165) is 4.90 Å². The molecule has 29 heavy (non-hydrogen) atoms. The minimum atomic E-state index is -0.829. The van der Waals surface area contributed by atoms with E-state index in [4.69, 9.17) is 14.2 Å². The standard InChI is InChI=1S/C20H17BrN2O6/c1-27-13-6-4-12(5-7-13)23-19(25)14(18(24)22-20(23)26)8-11-9-15(21)17(29-3)10-16(11)28-2/h4-10H,1-3H3,(H,22,24,26)/b14-8-. The topological polar surface area (TPSA) is 94.2 Å². The van der Waals surface area contributed by atoms with Crippen molar-refractivity contribution in [2.75, 3.05) is 26.2 Å². The van der Waals surface area contributed by atoms with Crippen molar-refractivity contribution < 1.29 is 28.6 Å². The Morgan fingerprint density at radius 2 is 1.59 bits per heavy atom. The summed E-state index contributed by atoms with van der Waals surface area (Å²) in [5.41, 5.74) is 0.549. The first-order valence-electron chi connectivity index (χ1n) is 8.36. The van der Waals surface area contributed by atoms with E-state index in [1.165, 1.54) is 27.4 Å². The minimum Gasteiger partial charge on any atom is -0.497 e. The molecule has 4 amide bonds. The first-order chi connectivity index (χ1) is 13.9. The van der Waals surface area contributed by atoms with Crippen molar-refractivity contribution in [2.45, 2.75) is 0 Å². The third kappa shape index (κ3) is 3.95. The van der Waals surface area contributed by atoms with Crippen molar-refractivity contribution in [2.24, 2.45) is 0 Å². The molecule has 0 radical (unpaired) electrons. The molecule has 2 aromatic carbocycles. The molecule has 0 aliphatic carbocycles. The quantitative estimate of drug-likeness (QED) is 0.543. The highest BCUT2D eigenvalue weighted by atomic mass is 79.9. The molecule has 9 heteroatoms. The zero-order chi connectivity index (χ0) is 21.1. The van der Waals surface area contributed by atoms with Crippen LogP contribution in [0.3, 0.4) is 0 Å². The number of nitrogens with zero attached hydrogens (tertiary/aromatic N) is 1. The number of imide groups is 2. The van der Waals surface area contributed by atoms with E-state index in [1.54, 1.807) is 36.4 Å². The summed E-state index contributed by atoms with van der Waals surface area (Å²) in [6.07, 6.45) is 1.36. The summed E-state index contributed by atoms with van der Waals surface area (Å²) in [5.74, 6) is -0.0561. The van der Waals surface area contributed by atoms with Gasteiger partial charge in [0.2, 0.25) is 0 Å². The lowest BCUT2D eigenvalue weighted by molar-refractivity contribution is -0.122. The Hall–Kier alpha value is -3.33. The van der Waals surface area contributed by atoms with Crippen LogP contribution in [0.2, 0.25) is 0 Å². The number of anilines is 1. The highest BCUT2D eigenvalue weighted by Crippen LogP contribution is 2.34. The number of methoxy groups -OCH3 is 3. The number of carbonyl (C=O) groups is 3. The molecule has 1 heterocycles. The second kappa shape index (κ2) is 8.36. The Labute approximate surface area is 175 Å². The summed E-state index contributed by atoms with van der Waals surface area (Å²) in [6.45, 7) is 0. The molecule has 1 fully saturated rings. The first-order valence-corrected chi connectivity index (χ1v) is 9.16. The van der Waals surface area contributed by atoms with Crippen LogP contribution in [0, 0.1) is 0 Å². The van der Waals surface area contributed by atoms with Gasteiger partial charge in [-0.15, -0.1) is 0 Å². The Morgan fingerprint density at radius 3 is 2.17 bits per heavy atom. The van der Waals surface area contributed by atoms with E-state index in [1.807, 2.05) is 0 Å². The summed E-state index contributed by atoms with van der Waals surface area (Å²) in [7, 11) is 4.47. The zero-order valence-corrected chi connectivity index (χ0v) is 17.4. The Bertz CT molecular complexity index is 1020. The first kappa shape index (κ1) is 20.4. The average Bonchev–Trinajstić information content (AvgIpc) is 2.71. The third-order valence-electron chi connectivity index (χ3n) is 4.24. The average molecular weight is 461 g/mol. The molecule has 3 rings (SSSR count). The van der Waals surface area contributed by atoms with Crippen molar-refractivity contribution in [3.05, 3.63) is 52.0 Å². The normalized spacial score (nSPS) is 15.4. The van der Waals surface area contributed by atoms with Crippen LogP contribution >= 0.6 is 15.9 Å². The lowest BCUT2D eigenvalue weighted by Gasteiger charge is -2.26. The second-order valence-electron chi connectivity index (χ2n) is 5.88. The number of halogens is 1. The number of benzene rings is 2. The van der Waals surface area contributed by atoms with Crippen molar-refractivity contribution in [1.82, 2.24) is 5.32 Å². The highest BCUT2D eigenvalue weighted by Gasteiger charge is 2.37. The molecule has 0 unspecified atom stereocenters.